The van der Waals surface area contributed by atoms with Gasteiger partial charge in [0, 0.05) is 17.2 Å². The van der Waals surface area contributed by atoms with E-state index in [1.165, 1.54) is 12.1 Å². The van der Waals surface area contributed by atoms with Gasteiger partial charge in [0.1, 0.15) is 11.5 Å². The van der Waals surface area contributed by atoms with Crippen molar-refractivity contribution in [3.8, 4) is 0 Å². The second-order valence-electron chi connectivity index (χ2n) is 4.53. The van der Waals surface area contributed by atoms with E-state index in [-0.39, 0.29) is 24.0 Å². The number of carbonyl (C=O) groups is 2. The molecule has 2 aromatic rings. The molecule has 0 aliphatic heterocycles. The van der Waals surface area contributed by atoms with Crippen LogP contribution in [0.15, 0.2) is 41.0 Å². The van der Waals surface area contributed by atoms with E-state index >= 15 is 0 Å². The Hall–Kier alpha value is -2.15. The van der Waals surface area contributed by atoms with Crippen molar-refractivity contribution < 1.29 is 18.7 Å². The van der Waals surface area contributed by atoms with Crippen LogP contribution in [-0.4, -0.2) is 30.0 Å². The van der Waals surface area contributed by atoms with Crippen LogP contribution in [0.1, 0.15) is 16.1 Å². The highest BCUT2D eigenvalue weighted by atomic mass is 79.9. The van der Waals surface area contributed by atoms with E-state index in [1.54, 1.807) is 24.4 Å². The molecule has 1 heterocycles. The molecule has 2 N–H and O–H groups in total. The fourth-order valence-electron chi connectivity index (χ4n) is 1.74. The summed E-state index contributed by atoms with van der Waals surface area (Å²) in [5.74, 6) is -1.28. The van der Waals surface area contributed by atoms with Crippen LogP contribution in [0.5, 0.6) is 0 Å². The van der Waals surface area contributed by atoms with Crippen molar-refractivity contribution in [1.29, 1.82) is 0 Å². The van der Waals surface area contributed by atoms with Crippen molar-refractivity contribution in [2.75, 3.05) is 13.2 Å². The highest BCUT2D eigenvalue weighted by Crippen LogP contribution is 2.11. The van der Waals surface area contributed by atoms with Gasteiger partial charge in [0.2, 0.25) is 0 Å². The van der Waals surface area contributed by atoms with E-state index in [4.69, 9.17) is 4.74 Å². The smallest absolute Gasteiger partial charge is 0.355 e. The third-order valence-corrected chi connectivity index (χ3v) is 3.31. The third kappa shape index (κ3) is 5.00. The molecule has 0 aliphatic carbocycles. The summed E-state index contributed by atoms with van der Waals surface area (Å²) in [5.41, 5.74) is 1.18. The average Bonchev–Trinajstić information content (AvgIpc) is 2.93. The van der Waals surface area contributed by atoms with Crippen LogP contribution in [0.2, 0.25) is 0 Å². The van der Waals surface area contributed by atoms with Gasteiger partial charge >= 0.3 is 5.97 Å². The van der Waals surface area contributed by atoms with E-state index in [1.807, 2.05) is 0 Å². The number of hydrogen-bond acceptors (Lipinski definition) is 3. The van der Waals surface area contributed by atoms with E-state index in [9.17, 15) is 14.0 Å². The van der Waals surface area contributed by atoms with Gasteiger partial charge < -0.3 is 15.0 Å². The molecule has 0 aliphatic rings. The molecule has 0 fully saturated rings. The third-order valence-electron chi connectivity index (χ3n) is 2.85. The number of hydrogen-bond donors (Lipinski definition) is 2. The second kappa shape index (κ2) is 7.74. The van der Waals surface area contributed by atoms with Gasteiger partial charge in [0.05, 0.1) is 0 Å². The van der Waals surface area contributed by atoms with Gasteiger partial charge in [0.15, 0.2) is 6.61 Å². The second-order valence-corrected chi connectivity index (χ2v) is 5.45. The number of aromatic amines is 1. The molecule has 22 heavy (non-hydrogen) atoms. The van der Waals surface area contributed by atoms with Crippen molar-refractivity contribution in [1.82, 2.24) is 10.3 Å². The van der Waals surface area contributed by atoms with E-state index in [0.717, 1.165) is 10.0 Å². The first-order valence-corrected chi connectivity index (χ1v) is 7.36. The Labute approximate surface area is 135 Å². The summed E-state index contributed by atoms with van der Waals surface area (Å²) in [7, 11) is 0. The molecule has 1 aromatic carbocycles. The molecular formula is C15H14BrFN2O3. The molecule has 0 saturated heterocycles. The molecule has 2 rings (SSSR count). The van der Waals surface area contributed by atoms with Gasteiger partial charge in [-0.05, 0) is 46.1 Å². The van der Waals surface area contributed by atoms with Crippen LogP contribution in [0.4, 0.5) is 4.39 Å². The normalized spacial score (nSPS) is 10.3. The summed E-state index contributed by atoms with van der Waals surface area (Å²) in [6.45, 7) is 0.0367. The molecule has 0 unspecified atom stereocenters. The predicted molar refractivity (Wildman–Crippen MR) is 81.9 cm³/mol. The number of halogens is 2. The SMILES string of the molecule is O=C(COC(=O)c1cc(Br)c[nH]1)NCCc1ccc(F)cc1. The molecule has 1 amide bonds. The van der Waals surface area contributed by atoms with Crippen molar-refractivity contribution in [3.05, 3.63) is 58.1 Å². The van der Waals surface area contributed by atoms with E-state index in [2.05, 4.69) is 26.2 Å². The fourth-order valence-corrected chi connectivity index (χ4v) is 2.09. The molecule has 0 bridgehead atoms. The summed E-state index contributed by atoms with van der Waals surface area (Å²) >= 11 is 3.20. The molecular weight excluding hydrogens is 355 g/mol. The maximum absolute atomic E-state index is 12.7. The van der Waals surface area contributed by atoms with Crippen molar-refractivity contribution in [3.63, 3.8) is 0 Å². The Morgan fingerprint density at radius 2 is 2.00 bits per heavy atom. The number of ether oxygens (including phenoxy) is 1. The first-order chi connectivity index (χ1) is 10.5. The maximum Gasteiger partial charge on any atom is 0.355 e. The highest BCUT2D eigenvalue weighted by Gasteiger charge is 2.11. The molecule has 0 atom stereocenters. The van der Waals surface area contributed by atoms with Gasteiger partial charge in [-0.25, -0.2) is 9.18 Å². The minimum Gasteiger partial charge on any atom is -0.451 e. The largest absolute Gasteiger partial charge is 0.451 e. The zero-order chi connectivity index (χ0) is 15.9. The lowest BCUT2D eigenvalue weighted by Gasteiger charge is -2.06. The Balaban J connectivity index is 1.67. The summed E-state index contributed by atoms with van der Waals surface area (Å²) in [5, 5.41) is 2.63. The topological polar surface area (TPSA) is 71.2 Å². The van der Waals surface area contributed by atoms with Crippen molar-refractivity contribution in [2.24, 2.45) is 0 Å². The number of aromatic nitrogens is 1. The summed E-state index contributed by atoms with van der Waals surface area (Å²) < 4.78 is 18.3. The van der Waals surface area contributed by atoms with Gasteiger partial charge in [-0.1, -0.05) is 12.1 Å². The zero-order valence-electron chi connectivity index (χ0n) is 11.6. The zero-order valence-corrected chi connectivity index (χ0v) is 13.2. The Morgan fingerprint density at radius 1 is 1.27 bits per heavy atom. The molecule has 5 nitrogen and oxygen atoms in total. The lowest BCUT2D eigenvalue weighted by atomic mass is 10.1. The quantitative estimate of drug-likeness (QED) is 0.769. The average molecular weight is 369 g/mol. The Morgan fingerprint density at radius 3 is 2.64 bits per heavy atom. The van der Waals surface area contributed by atoms with Crippen LogP contribution in [0.3, 0.4) is 0 Å². The molecule has 0 saturated carbocycles. The Kier molecular flexibility index (Phi) is 5.71. The first kappa shape index (κ1) is 16.2. The van der Waals surface area contributed by atoms with Crippen molar-refractivity contribution in [2.45, 2.75) is 6.42 Å². The van der Waals surface area contributed by atoms with Crippen LogP contribution in [0, 0.1) is 5.82 Å². The summed E-state index contributed by atoms with van der Waals surface area (Å²) in [6.07, 6.45) is 2.17. The van der Waals surface area contributed by atoms with E-state index < -0.39 is 5.97 Å². The number of benzene rings is 1. The fraction of sp³-hybridized carbons (Fsp3) is 0.200. The molecule has 7 heteroatoms. The van der Waals surface area contributed by atoms with Crippen molar-refractivity contribution >= 4 is 27.8 Å². The standard InChI is InChI=1S/C15H14BrFN2O3/c16-11-7-13(19-8-11)15(21)22-9-14(20)18-6-5-10-1-3-12(17)4-2-10/h1-4,7-8,19H,5-6,9H2,(H,18,20). The van der Waals surface area contributed by atoms with Crippen LogP contribution in [-0.2, 0) is 16.0 Å². The number of H-pyrrole nitrogens is 1. The monoisotopic (exact) mass is 368 g/mol. The van der Waals surface area contributed by atoms with Crippen LogP contribution < -0.4 is 5.32 Å². The van der Waals surface area contributed by atoms with Crippen LogP contribution in [0.25, 0.3) is 0 Å². The lowest BCUT2D eigenvalue weighted by molar-refractivity contribution is -0.124. The van der Waals surface area contributed by atoms with Crippen LogP contribution >= 0.6 is 15.9 Å². The number of nitrogens with one attached hydrogen (secondary N) is 2. The van der Waals surface area contributed by atoms with Gasteiger partial charge in [-0.15, -0.1) is 0 Å². The molecule has 0 radical (unpaired) electrons. The maximum atomic E-state index is 12.7. The minimum absolute atomic E-state index is 0.269. The minimum atomic E-state index is -0.598. The lowest BCUT2D eigenvalue weighted by Crippen LogP contribution is -2.30. The van der Waals surface area contributed by atoms with Gasteiger partial charge in [-0.2, -0.15) is 0 Å². The van der Waals surface area contributed by atoms with Gasteiger partial charge in [0.25, 0.3) is 5.91 Å². The Bertz CT molecular complexity index is 655. The molecule has 0 spiro atoms. The number of rotatable bonds is 6. The first-order valence-electron chi connectivity index (χ1n) is 6.57. The summed E-state index contributed by atoms with van der Waals surface area (Å²) in [4.78, 5) is 25.9. The number of esters is 1. The molecule has 116 valence electrons. The van der Waals surface area contributed by atoms with E-state index in [0.29, 0.717) is 13.0 Å². The summed E-state index contributed by atoms with van der Waals surface area (Å²) in [6, 6.07) is 7.62. The van der Waals surface area contributed by atoms with Gasteiger partial charge in [-0.3, -0.25) is 4.79 Å². The number of carbonyl (C=O) groups excluding carboxylic acids is 2. The predicted octanol–water partition coefficient (Wildman–Crippen LogP) is 2.43. The molecule has 1 aromatic heterocycles. The number of amides is 1. The highest BCUT2D eigenvalue weighted by molar-refractivity contribution is 9.10.